The van der Waals surface area contributed by atoms with Crippen molar-refractivity contribution in [2.75, 3.05) is 0 Å². The van der Waals surface area contributed by atoms with Gasteiger partial charge < -0.3 is 9.40 Å². The predicted molar refractivity (Wildman–Crippen MR) is 118 cm³/mol. The second-order valence-corrected chi connectivity index (χ2v) is 7.01. The van der Waals surface area contributed by atoms with Crippen molar-refractivity contribution in [3.05, 3.63) is 54.1 Å². The Kier molecular flexibility index (Phi) is 6.27. The second kappa shape index (κ2) is 8.86. The number of carbonyl (C=O) groups excluding carboxylic acids is 2. The largest absolute Gasteiger partial charge is 0.341 e. The van der Waals surface area contributed by atoms with Gasteiger partial charge in [0.25, 0.3) is 0 Å². The summed E-state index contributed by atoms with van der Waals surface area (Å²) in [5.41, 5.74) is 4.04. The van der Waals surface area contributed by atoms with E-state index in [0.717, 1.165) is 46.8 Å². The van der Waals surface area contributed by atoms with E-state index in [4.69, 9.17) is 4.84 Å². The van der Waals surface area contributed by atoms with Gasteiger partial charge in [-0.25, -0.2) is 4.79 Å². The topological polar surface area (TPSA) is 60.7 Å². The fourth-order valence-corrected chi connectivity index (χ4v) is 3.56. The minimum Gasteiger partial charge on any atom is -0.341 e. The molecule has 0 fully saturated rings. The number of nitrogens with zero attached hydrogens (tertiary/aromatic N) is 2. The van der Waals surface area contributed by atoms with E-state index >= 15 is 0 Å². The molecule has 0 aliphatic carbocycles. The van der Waals surface area contributed by atoms with Crippen molar-refractivity contribution < 1.29 is 14.4 Å². The quantitative estimate of drug-likeness (QED) is 0.213. The summed E-state index contributed by atoms with van der Waals surface area (Å²) in [5.74, 6) is -0.746. The molecule has 0 saturated heterocycles. The number of aryl methyl sites for hydroxylation is 1. The van der Waals surface area contributed by atoms with Crippen LogP contribution in [0.2, 0.25) is 0 Å². The highest BCUT2D eigenvalue weighted by atomic mass is 16.7. The minimum atomic E-state index is -0.537. The van der Waals surface area contributed by atoms with Crippen LogP contribution in [-0.2, 0) is 16.2 Å². The molecule has 0 radical (unpaired) electrons. The monoisotopic (exact) mass is 390 g/mol. The number of benzene rings is 2. The van der Waals surface area contributed by atoms with Crippen molar-refractivity contribution in [2.24, 2.45) is 5.16 Å². The number of hydrogen-bond acceptors (Lipinski definition) is 4. The van der Waals surface area contributed by atoms with Crippen molar-refractivity contribution >= 4 is 45.3 Å². The fraction of sp³-hybridized carbons (Fsp3) is 0.292. The normalized spacial score (nSPS) is 11.8. The third-order valence-electron chi connectivity index (χ3n) is 5.02. The van der Waals surface area contributed by atoms with Crippen LogP contribution in [0.1, 0.15) is 56.0 Å². The molecule has 5 heteroatoms. The standard InChI is InChI=1S/C24H26N2O3/c1-5-8-9-21(25-29-16(4)27)24(28)18-11-13-23-20(15-18)19-14-17(6-2)10-12-22(19)26(23)7-3/h6,10-15H,2,5,7-9H2,1,3-4H3. The summed E-state index contributed by atoms with van der Waals surface area (Å²) < 4.78 is 2.23. The summed E-state index contributed by atoms with van der Waals surface area (Å²) in [7, 11) is 0. The highest BCUT2D eigenvalue weighted by Gasteiger charge is 2.18. The number of Topliss-reactive ketones (excluding diaryl/α,β-unsaturated/α-hetero) is 1. The molecule has 2 aromatic carbocycles. The van der Waals surface area contributed by atoms with Crippen LogP contribution in [0, 0.1) is 0 Å². The average Bonchev–Trinajstić information content (AvgIpc) is 3.05. The van der Waals surface area contributed by atoms with Gasteiger partial charge in [0.05, 0.1) is 0 Å². The summed E-state index contributed by atoms with van der Waals surface area (Å²) >= 11 is 0. The summed E-state index contributed by atoms with van der Waals surface area (Å²) in [6.45, 7) is 10.1. The molecule has 0 N–H and O–H groups in total. The van der Waals surface area contributed by atoms with E-state index in [1.165, 1.54) is 6.92 Å². The van der Waals surface area contributed by atoms with Crippen LogP contribution in [0.25, 0.3) is 27.9 Å². The number of rotatable bonds is 8. The molecule has 3 rings (SSSR count). The Labute approximate surface area is 170 Å². The van der Waals surface area contributed by atoms with E-state index in [0.29, 0.717) is 12.0 Å². The lowest BCUT2D eigenvalue weighted by Crippen LogP contribution is -2.15. The van der Waals surface area contributed by atoms with Crippen molar-refractivity contribution in [1.82, 2.24) is 4.57 Å². The van der Waals surface area contributed by atoms with Crippen LogP contribution in [0.3, 0.4) is 0 Å². The number of fused-ring (bicyclic) bond motifs is 3. The third-order valence-corrected chi connectivity index (χ3v) is 5.02. The fourth-order valence-electron chi connectivity index (χ4n) is 3.56. The van der Waals surface area contributed by atoms with E-state index in [2.05, 4.69) is 35.4 Å². The van der Waals surface area contributed by atoms with Crippen LogP contribution < -0.4 is 0 Å². The molecule has 0 saturated carbocycles. The van der Waals surface area contributed by atoms with E-state index < -0.39 is 5.97 Å². The van der Waals surface area contributed by atoms with Crippen LogP contribution in [0.15, 0.2) is 48.1 Å². The summed E-state index contributed by atoms with van der Waals surface area (Å²) in [4.78, 5) is 29.0. The molecule has 1 heterocycles. The molecule has 150 valence electrons. The Morgan fingerprint density at radius 3 is 2.41 bits per heavy atom. The summed E-state index contributed by atoms with van der Waals surface area (Å²) in [6.07, 6.45) is 4.00. The first-order chi connectivity index (χ1) is 14.0. The Morgan fingerprint density at radius 1 is 1.10 bits per heavy atom. The number of unbranched alkanes of at least 4 members (excludes halogenated alkanes) is 1. The maximum absolute atomic E-state index is 13.1. The van der Waals surface area contributed by atoms with Gasteiger partial charge in [-0.3, -0.25) is 4.79 Å². The number of aromatic nitrogens is 1. The number of carbonyl (C=O) groups is 2. The molecule has 1 aromatic heterocycles. The van der Waals surface area contributed by atoms with Crippen LogP contribution in [0.4, 0.5) is 0 Å². The van der Waals surface area contributed by atoms with Crippen molar-refractivity contribution in [3.8, 4) is 0 Å². The van der Waals surface area contributed by atoms with E-state index in [9.17, 15) is 9.59 Å². The van der Waals surface area contributed by atoms with Gasteiger partial charge in [-0.1, -0.05) is 37.2 Å². The molecule has 0 atom stereocenters. The molecule has 0 amide bonds. The maximum atomic E-state index is 13.1. The Hall–Kier alpha value is -3.21. The summed E-state index contributed by atoms with van der Waals surface area (Å²) in [5, 5.41) is 5.92. The van der Waals surface area contributed by atoms with Crippen LogP contribution >= 0.6 is 0 Å². The van der Waals surface area contributed by atoms with Crippen LogP contribution in [0.5, 0.6) is 0 Å². The Morgan fingerprint density at radius 2 is 1.79 bits per heavy atom. The highest BCUT2D eigenvalue weighted by molar-refractivity contribution is 6.46. The van der Waals surface area contributed by atoms with Crippen molar-refractivity contribution in [2.45, 2.75) is 46.6 Å². The lowest BCUT2D eigenvalue weighted by Gasteiger charge is -2.06. The molecule has 0 aliphatic heterocycles. The smallest absolute Gasteiger partial charge is 0.331 e. The summed E-state index contributed by atoms with van der Waals surface area (Å²) in [6, 6.07) is 11.9. The molecule has 0 spiro atoms. The molecule has 5 nitrogen and oxygen atoms in total. The van der Waals surface area contributed by atoms with Gasteiger partial charge in [-0.2, -0.15) is 0 Å². The van der Waals surface area contributed by atoms with E-state index in [-0.39, 0.29) is 11.5 Å². The van der Waals surface area contributed by atoms with Gasteiger partial charge >= 0.3 is 5.97 Å². The first-order valence-electron chi connectivity index (χ1n) is 9.97. The number of hydrogen-bond donors (Lipinski definition) is 0. The molecule has 0 aliphatic rings. The first-order valence-corrected chi connectivity index (χ1v) is 9.97. The van der Waals surface area contributed by atoms with Crippen molar-refractivity contribution in [1.29, 1.82) is 0 Å². The molecular formula is C24H26N2O3. The molecule has 29 heavy (non-hydrogen) atoms. The lowest BCUT2D eigenvalue weighted by atomic mass is 10.0. The van der Waals surface area contributed by atoms with Gasteiger partial charge in [-0.05, 0) is 55.7 Å². The van der Waals surface area contributed by atoms with Gasteiger partial charge in [0, 0.05) is 40.8 Å². The van der Waals surface area contributed by atoms with Gasteiger partial charge in [0.1, 0.15) is 5.71 Å². The zero-order valence-electron chi connectivity index (χ0n) is 17.2. The lowest BCUT2D eigenvalue weighted by molar-refractivity contribution is -0.140. The Balaban J connectivity index is 2.13. The SMILES string of the molecule is C=Cc1ccc2c(c1)c1cc(C(=O)C(CCCC)=NOC(C)=O)ccc1n2CC. The number of oxime groups is 1. The first kappa shape index (κ1) is 20.5. The molecule has 0 unspecified atom stereocenters. The number of ketones is 1. The van der Waals surface area contributed by atoms with Gasteiger partial charge in [0.2, 0.25) is 5.78 Å². The molecular weight excluding hydrogens is 364 g/mol. The zero-order chi connectivity index (χ0) is 21.0. The maximum Gasteiger partial charge on any atom is 0.331 e. The highest BCUT2D eigenvalue weighted by Crippen LogP contribution is 2.31. The van der Waals surface area contributed by atoms with Crippen molar-refractivity contribution in [3.63, 3.8) is 0 Å². The Bertz CT molecular complexity index is 1120. The van der Waals surface area contributed by atoms with E-state index in [1.54, 1.807) is 0 Å². The molecule has 3 aromatic rings. The van der Waals surface area contributed by atoms with Crippen LogP contribution in [-0.4, -0.2) is 22.0 Å². The minimum absolute atomic E-state index is 0.209. The predicted octanol–water partition coefficient (Wildman–Crippen LogP) is 5.75. The van der Waals surface area contributed by atoms with E-state index in [1.807, 2.05) is 37.3 Å². The average molecular weight is 390 g/mol. The van der Waals surface area contributed by atoms with Gasteiger partial charge in [0.15, 0.2) is 0 Å². The zero-order valence-corrected chi connectivity index (χ0v) is 17.2. The molecule has 0 bridgehead atoms. The second-order valence-electron chi connectivity index (χ2n) is 7.01. The van der Waals surface area contributed by atoms with Gasteiger partial charge in [-0.15, -0.1) is 0 Å². The third kappa shape index (κ3) is 4.14.